The lowest BCUT2D eigenvalue weighted by Crippen LogP contribution is -2.33. The Bertz CT molecular complexity index is 336. The van der Waals surface area contributed by atoms with Crippen LogP contribution < -0.4 is 5.73 Å². The van der Waals surface area contributed by atoms with Crippen molar-refractivity contribution >= 4 is 11.7 Å². The van der Waals surface area contributed by atoms with E-state index in [1.54, 1.807) is 14.0 Å². The zero-order valence-electron chi connectivity index (χ0n) is 8.71. The summed E-state index contributed by atoms with van der Waals surface area (Å²) in [6, 6.07) is 3.01. The van der Waals surface area contributed by atoms with Gasteiger partial charge in [-0.15, -0.1) is 10.2 Å². The smallest absolute Gasteiger partial charge is 0.274 e. The van der Waals surface area contributed by atoms with Crippen LogP contribution in [0.3, 0.4) is 0 Å². The average molecular weight is 210 g/mol. The first-order valence-corrected chi connectivity index (χ1v) is 4.53. The second kappa shape index (κ2) is 4.70. The van der Waals surface area contributed by atoms with Crippen LogP contribution in [0.15, 0.2) is 12.1 Å². The first-order valence-electron chi connectivity index (χ1n) is 4.53. The zero-order valence-corrected chi connectivity index (χ0v) is 8.71. The van der Waals surface area contributed by atoms with Gasteiger partial charge in [0.25, 0.3) is 5.91 Å². The topological polar surface area (TPSA) is 92.3 Å². The second-order valence-electron chi connectivity index (χ2n) is 3.38. The summed E-state index contributed by atoms with van der Waals surface area (Å²) in [4.78, 5) is 13.0. The summed E-state index contributed by atoms with van der Waals surface area (Å²) in [6.45, 7) is 1.86. The number of nitrogen functional groups attached to an aromatic ring is 1. The maximum absolute atomic E-state index is 11.7. The predicted molar refractivity (Wildman–Crippen MR) is 55.1 cm³/mol. The Labute approximate surface area is 87.7 Å². The summed E-state index contributed by atoms with van der Waals surface area (Å²) in [5, 5.41) is 16.4. The number of likely N-dealkylation sites (N-methyl/N-ethyl adjacent to an activating group) is 1. The molecule has 0 fully saturated rings. The van der Waals surface area contributed by atoms with Gasteiger partial charge in [0.2, 0.25) is 0 Å². The number of aliphatic hydroxyl groups excluding tert-OH is 1. The number of anilines is 1. The van der Waals surface area contributed by atoms with Crippen molar-refractivity contribution in [2.45, 2.75) is 13.0 Å². The van der Waals surface area contributed by atoms with Crippen molar-refractivity contribution in [1.29, 1.82) is 0 Å². The van der Waals surface area contributed by atoms with Gasteiger partial charge in [-0.05, 0) is 19.1 Å². The highest BCUT2D eigenvalue weighted by Gasteiger charge is 2.14. The molecule has 1 rings (SSSR count). The molecule has 1 heterocycles. The van der Waals surface area contributed by atoms with Crippen molar-refractivity contribution in [3.8, 4) is 0 Å². The van der Waals surface area contributed by atoms with E-state index in [9.17, 15) is 4.79 Å². The first-order chi connectivity index (χ1) is 7.00. The average Bonchev–Trinajstić information content (AvgIpc) is 2.17. The number of carbonyl (C=O) groups is 1. The molecular formula is C9H14N4O2. The molecule has 1 unspecified atom stereocenters. The van der Waals surface area contributed by atoms with Crippen molar-refractivity contribution < 1.29 is 9.90 Å². The number of amides is 1. The van der Waals surface area contributed by atoms with E-state index in [4.69, 9.17) is 10.8 Å². The largest absolute Gasteiger partial charge is 0.392 e. The highest BCUT2D eigenvalue weighted by atomic mass is 16.3. The molecule has 0 radical (unpaired) electrons. The van der Waals surface area contributed by atoms with E-state index in [-0.39, 0.29) is 24.0 Å². The fraction of sp³-hybridized carbons (Fsp3) is 0.444. The standard InChI is InChI=1S/C9H14N4O2/c1-6(14)5-13(2)9(15)7-3-4-8(10)12-11-7/h3-4,6,14H,5H2,1-2H3,(H2,10,12). The molecule has 0 spiro atoms. The number of aliphatic hydroxyl groups is 1. The van der Waals surface area contributed by atoms with E-state index < -0.39 is 6.10 Å². The minimum Gasteiger partial charge on any atom is -0.392 e. The van der Waals surface area contributed by atoms with Gasteiger partial charge in [0, 0.05) is 13.6 Å². The minimum absolute atomic E-state index is 0.215. The summed E-state index contributed by atoms with van der Waals surface area (Å²) in [5.74, 6) is -0.0203. The predicted octanol–water partition coefficient (Wildman–Crippen LogP) is -0.488. The third-order valence-corrected chi connectivity index (χ3v) is 1.79. The monoisotopic (exact) mass is 210 g/mol. The molecule has 6 nitrogen and oxygen atoms in total. The fourth-order valence-electron chi connectivity index (χ4n) is 1.13. The van der Waals surface area contributed by atoms with E-state index >= 15 is 0 Å². The molecule has 82 valence electrons. The van der Waals surface area contributed by atoms with Crippen LogP contribution in [-0.4, -0.2) is 45.8 Å². The minimum atomic E-state index is -0.569. The Morgan fingerprint density at radius 3 is 2.73 bits per heavy atom. The van der Waals surface area contributed by atoms with E-state index in [0.29, 0.717) is 0 Å². The second-order valence-corrected chi connectivity index (χ2v) is 3.38. The van der Waals surface area contributed by atoms with Crippen LogP contribution in [0.4, 0.5) is 5.82 Å². The third-order valence-electron chi connectivity index (χ3n) is 1.79. The zero-order chi connectivity index (χ0) is 11.4. The highest BCUT2D eigenvalue weighted by Crippen LogP contribution is 2.01. The van der Waals surface area contributed by atoms with Crippen LogP contribution in [0.1, 0.15) is 17.4 Å². The Kier molecular flexibility index (Phi) is 3.56. The molecule has 1 aromatic heterocycles. The molecule has 1 aromatic rings. The maximum Gasteiger partial charge on any atom is 0.274 e. The summed E-state index contributed by atoms with van der Waals surface area (Å²) in [5.41, 5.74) is 5.56. The molecule has 0 aliphatic heterocycles. The Morgan fingerprint density at radius 1 is 1.60 bits per heavy atom. The van der Waals surface area contributed by atoms with Crippen LogP contribution in [0.2, 0.25) is 0 Å². The molecule has 0 saturated carbocycles. The number of nitrogens with zero attached hydrogens (tertiary/aromatic N) is 3. The molecule has 0 bridgehead atoms. The van der Waals surface area contributed by atoms with Crippen molar-refractivity contribution in [2.24, 2.45) is 0 Å². The molecule has 1 atom stereocenters. The summed E-state index contributed by atoms with van der Waals surface area (Å²) < 4.78 is 0. The van der Waals surface area contributed by atoms with E-state index in [1.807, 2.05) is 0 Å². The SMILES string of the molecule is CC(O)CN(C)C(=O)c1ccc(N)nn1. The maximum atomic E-state index is 11.7. The fourth-order valence-corrected chi connectivity index (χ4v) is 1.13. The van der Waals surface area contributed by atoms with Crippen LogP contribution in [0.25, 0.3) is 0 Å². The van der Waals surface area contributed by atoms with Gasteiger partial charge in [-0.2, -0.15) is 0 Å². The molecule has 15 heavy (non-hydrogen) atoms. The number of nitrogens with two attached hydrogens (primary N) is 1. The van der Waals surface area contributed by atoms with Crippen LogP contribution in [0, 0.1) is 0 Å². The quantitative estimate of drug-likeness (QED) is 0.702. The van der Waals surface area contributed by atoms with Crippen LogP contribution in [-0.2, 0) is 0 Å². The number of hydrogen-bond acceptors (Lipinski definition) is 5. The van der Waals surface area contributed by atoms with Crippen molar-refractivity contribution in [3.63, 3.8) is 0 Å². The Balaban J connectivity index is 2.72. The number of aromatic nitrogens is 2. The summed E-state index contributed by atoms with van der Waals surface area (Å²) >= 11 is 0. The Morgan fingerprint density at radius 2 is 2.27 bits per heavy atom. The van der Waals surface area contributed by atoms with Crippen molar-refractivity contribution in [1.82, 2.24) is 15.1 Å². The normalized spacial score (nSPS) is 12.2. The van der Waals surface area contributed by atoms with Crippen LogP contribution >= 0.6 is 0 Å². The van der Waals surface area contributed by atoms with Gasteiger partial charge in [-0.1, -0.05) is 0 Å². The lowest BCUT2D eigenvalue weighted by Gasteiger charge is -2.17. The number of rotatable bonds is 3. The molecule has 3 N–H and O–H groups in total. The van der Waals surface area contributed by atoms with Gasteiger partial charge < -0.3 is 15.7 Å². The third kappa shape index (κ3) is 3.17. The van der Waals surface area contributed by atoms with E-state index in [1.165, 1.54) is 17.0 Å². The van der Waals surface area contributed by atoms with Gasteiger partial charge in [0.1, 0.15) is 5.82 Å². The molecule has 0 saturated heterocycles. The summed E-state index contributed by atoms with van der Waals surface area (Å²) in [7, 11) is 1.59. The lowest BCUT2D eigenvalue weighted by atomic mass is 10.3. The molecule has 0 aromatic carbocycles. The van der Waals surface area contributed by atoms with Gasteiger partial charge in [-0.3, -0.25) is 4.79 Å². The molecule has 0 aliphatic rings. The van der Waals surface area contributed by atoms with Gasteiger partial charge in [-0.25, -0.2) is 0 Å². The van der Waals surface area contributed by atoms with Crippen molar-refractivity contribution in [2.75, 3.05) is 19.3 Å². The molecule has 6 heteroatoms. The van der Waals surface area contributed by atoms with Gasteiger partial charge in [0.15, 0.2) is 5.69 Å². The Hall–Kier alpha value is -1.69. The van der Waals surface area contributed by atoms with Gasteiger partial charge in [0.05, 0.1) is 6.10 Å². The number of hydrogen-bond donors (Lipinski definition) is 2. The lowest BCUT2D eigenvalue weighted by molar-refractivity contribution is 0.0697. The molecular weight excluding hydrogens is 196 g/mol. The summed E-state index contributed by atoms with van der Waals surface area (Å²) in [6.07, 6.45) is -0.569. The highest BCUT2D eigenvalue weighted by molar-refractivity contribution is 5.92. The van der Waals surface area contributed by atoms with E-state index in [0.717, 1.165) is 0 Å². The van der Waals surface area contributed by atoms with E-state index in [2.05, 4.69) is 10.2 Å². The van der Waals surface area contributed by atoms with Gasteiger partial charge >= 0.3 is 0 Å². The number of carbonyl (C=O) groups excluding carboxylic acids is 1. The van der Waals surface area contributed by atoms with Crippen molar-refractivity contribution in [3.05, 3.63) is 17.8 Å². The molecule has 0 aliphatic carbocycles. The molecule has 1 amide bonds. The van der Waals surface area contributed by atoms with Crippen LogP contribution in [0.5, 0.6) is 0 Å². The first kappa shape index (κ1) is 11.4.